The number of hydrogen-bond acceptors (Lipinski definition) is 6. The van der Waals surface area contributed by atoms with E-state index in [1.54, 1.807) is 39.1 Å². The van der Waals surface area contributed by atoms with Crippen LogP contribution in [0, 0.1) is 12.7 Å². The van der Waals surface area contributed by atoms with Crippen LogP contribution in [0.15, 0.2) is 36.7 Å². The van der Waals surface area contributed by atoms with E-state index in [4.69, 9.17) is 14.2 Å². The van der Waals surface area contributed by atoms with Crippen molar-refractivity contribution in [1.82, 2.24) is 14.9 Å². The Morgan fingerprint density at radius 3 is 2.48 bits per heavy atom. The van der Waals surface area contributed by atoms with E-state index in [2.05, 4.69) is 29.9 Å². The number of carbonyl (C=O) groups excluding carboxylic acids is 1. The van der Waals surface area contributed by atoms with Crippen LogP contribution >= 0.6 is 0 Å². The van der Waals surface area contributed by atoms with Crippen molar-refractivity contribution in [3.05, 3.63) is 53.6 Å². The summed E-state index contributed by atoms with van der Waals surface area (Å²) in [7, 11) is -1.20. The summed E-state index contributed by atoms with van der Waals surface area (Å²) in [6.45, 7) is 14.9. The number of ether oxygens (including phenoxy) is 3. The Morgan fingerprint density at radius 2 is 1.88 bits per heavy atom. The standard InChI is InChI=1S/C28H38FN3O6Si.Li.H/c1-18-16-32(17-36-12-13-39(5,6)7)25-24(18)23(10-11-30-25)37-22-9-8-19(14-20(22)29)15-21(26(33)34)31-27(35)38-28(2,3)4;;/h8-11,14,16,21H,12-13,15,17H2,1-7H3,(H,31,35)(H,33,34);;/t21-;;/m0../s1. The van der Waals surface area contributed by atoms with E-state index in [1.807, 2.05) is 17.7 Å². The molecule has 9 nitrogen and oxygen atoms in total. The van der Waals surface area contributed by atoms with Gasteiger partial charge in [0.1, 0.15) is 29.8 Å². The van der Waals surface area contributed by atoms with Crippen LogP contribution in [0.1, 0.15) is 31.9 Å². The SMILES string of the molecule is Cc1cn(COCC[Si](C)(C)C)c2nccc(Oc3ccc(C[C@H](NC(=O)OC(C)(C)C)C(=O)O)cc3F)c12.[LiH]. The molecule has 0 aliphatic heterocycles. The molecule has 3 rings (SSSR count). The summed E-state index contributed by atoms with van der Waals surface area (Å²) >= 11 is 0. The molecule has 2 N–H and O–H groups in total. The number of pyridine rings is 1. The van der Waals surface area contributed by atoms with E-state index >= 15 is 4.39 Å². The molecule has 0 spiro atoms. The van der Waals surface area contributed by atoms with E-state index in [0.717, 1.165) is 17.0 Å². The summed E-state index contributed by atoms with van der Waals surface area (Å²) in [5.74, 6) is -1.49. The number of carboxylic acids is 1. The molecule has 3 aromatic rings. The zero-order valence-corrected chi connectivity index (χ0v) is 24.6. The molecule has 0 aliphatic rings. The molecule has 2 aromatic heterocycles. The fourth-order valence-corrected chi connectivity index (χ4v) is 4.62. The molecule has 40 heavy (non-hydrogen) atoms. The van der Waals surface area contributed by atoms with Gasteiger partial charge >= 0.3 is 30.9 Å². The van der Waals surface area contributed by atoms with Gasteiger partial charge in [-0.25, -0.2) is 19.0 Å². The molecule has 1 atom stereocenters. The predicted molar refractivity (Wildman–Crippen MR) is 157 cm³/mol. The van der Waals surface area contributed by atoms with Crippen molar-refractivity contribution >= 4 is 50.0 Å². The Morgan fingerprint density at radius 1 is 1.18 bits per heavy atom. The second-order valence-corrected chi connectivity index (χ2v) is 17.4. The summed E-state index contributed by atoms with van der Waals surface area (Å²) in [6, 6.07) is 5.64. The molecular formula is C28H39FLiN3O6Si. The number of aliphatic carboxylic acids is 1. The number of rotatable bonds is 11. The van der Waals surface area contributed by atoms with Crippen molar-refractivity contribution in [3.63, 3.8) is 0 Å². The van der Waals surface area contributed by atoms with Gasteiger partial charge in [-0.15, -0.1) is 0 Å². The number of alkyl carbamates (subject to hydrolysis) is 1. The van der Waals surface area contributed by atoms with Crippen molar-refractivity contribution in [3.8, 4) is 11.5 Å². The van der Waals surface area contributed by atoms with Gasteiger partial charge in [-0.1, -0.05) is 25.7 Å². The Labute approximate surface area is 247 Å². The summed E-state index contributed by atoms with van der Waals surface area (Å²) < 4.78 is 33.9. The Hall–Kier alpha value is -2.85. The number of aryl methyl sites for hydroxylation is 1. The van der Waals surface area contributed by atoms with E-state index in [-0.39, 0.29) is 31.0 Å². The maximum atomic E-state index is 15.1. The number of carboxylic acid groups (broad SMARTS) is 1. The molecular weight excluding hydrogens is 528 g/mol. The molecule has 0 fully saturated rings. The Kier molecular flexibility index (Phi) is 11.4. The van der Waals surface area contributed by atoms with Crippen LogP contribution in [0.5, 0.6) is 11.5 Å². The van der Waals surface area contributed by atoms with Gasteiger partial charge in [0.2, 0.25) is 0 Å². The second kappa shape index (κ2) is 13.7. The van der Waals surface area contributed by atoms with Crippen molar-refractivity contribution in [1.29, 1.82) is 0 Å². The normalized spacial score (nSPS) is 12.5. The number of halogens is 1. The van der Waals surface area contributed by atoms with E-state index in [1.165, 1.54) is 12.1 Å². The monoisotopic (exact) mass is 567 g/mol. The molecule has 0 bridgehead atoms. The maximum absolute atomic E-state index is 15.1. The number of carbonyl (C=O) groups is 2. The first-order valence-electron chi connectivity index (χ1n) is 12.8. The second-order valence-electron chi connectivity index (χ2n) is 11.7. The third kappa shape index (κ3) is 9.66. The van der Waals surface area contributed by atoms with Gasteiger partial charge in [0, 0.05) is 33.5 Å². The number of nitrogens with one attached hydrogen (secondary N) is 1. The van der Waals surface area contributed by atoms with Gasteiger partial charge in [0.05, 0.1) is 5.39 Å². The van der Waals surface area contributed by atoms with Gasteiger partial charge in [-0.3, -0.25) is 0 Å². The summed E-state index contributed by atoms with van der Waals surface area (Å²) in [6.07, 6.45) is 2.54. The number of nitrogens with zero attached hydrogens (tertiary/aromatic N) is 2. The molecule has 0 saturated heterocycles. The summed E-state index contributed by atoms with van der Waals surface area (Å²) in [4.78, 5) is 28.2. The Balaban J connectivity index is 0.00000560. The van der Waals surface area contributed by atoms with E-state index in [0.29, 0.717) is 30.3 Å². The summed E-state index contributed by atoms with van der Waals surface area (Å²) in [5.41, 5.74) is 1.18. The topological polar surface area (TPSA) is 112 Å². The average Bonchev–Trinajstić information content (AvgIpc) is 3.12. The molecule has 0 unspecified atom stereocenters. The Bertz CT molecular complexity index is 1340. The van der Waals surface area contributed by atoms with Crippen LogP contribution in [0.4, 0.5) is 9.18 Å². The van der Waals surface area contributed by atoms with Crippen LogP contribution in [0.3, 0.4) is 0 Å². The fraction of sp³-hybridized carbons (Fsp3) is 0.464. The zero-order chi connectivity index (χ0) is 29.0. The first-order chi connectivity index (χ1) is 18.1. The van der Waals surface area contributed by atoms with Crippen molar-refractivity contribution in [2.75, 3.05) is 6.61 Å². The first-order valence-corrected chi connectivity index (χ1v) is 16.5. The minimum atomic E-state index is -1.29. The van der Waals surface area contributed by atoms with E-state index < -0.39 is 37.6 Å². The van der Waals surface area contributed by atoms with Gasteiger partial charge < -0.3 is 29.2 Å². The molecule has 0 radical (unpaired) electrons. The molecule has 12 heteroatoms. The molecule has 2 heterocycles. The molecule has 214 valence electrons. The van der Waals surface area contributed by atoms with Crippen molar-refractivity contribution in [2.45, 2.75) is 78.2 Å². The number of aromatic nitrogens is 2. The first kappa shape index (κ1) is 33.4. The van der Waals surface area contributed by atoms with Gasteiger partial charge in [0.15, 0.2) is 11.6 Å². The molecule has 0 saturated carbocycles. The van der Waals surface area contributed by atoms with Crippen molar-refractivity contribution < 1.29 is 33.3 Å². The van der Waals surface area contributed by atoms with Crippen LogP contribution in [-0.2, 0) is 27.4 Å². The van der Waals surface area contributed by atoms with Crippen LogP contribution in [-0.4, -0.2) is 71.9 Å². The van der Waals surface area contributed by atoms with Crippen LogP contribution in [0.25, 0.3) is 11.0 Å². The van der Waals surface area contributed by atoms with Crippen LogP contribution < -0.4 is 10.1 Å². The molecule has 0 aliphatic carbocycles. The molecule has 1 amide bonds. The van der Waals surface area contributed by atoms with Gasteiger partial charge in [0.25, 0.3) is 0 Å². The van der Waals surface area contributed by atoms with Gasteiger partial charge in [-0.05, 0) is 63.1 Å². The number of fused-ring (bicyclic) bond motifs is 1. The fourth-order valence-electron chi connectivity index (χ4n) is 3.86. The average molecular weight is 568 g/mol. The van der Waals surface area contributed by atoms with Gasteiger partial charge in [-0.2, -0.15) is 0 Å². The number of benzene rings is 1. The predicted octanol–water partition coefficient (Wildman–Crippen LogP) is 5.46. The molecule has 1 aromatic carbocycles. The third-order valence-electron chi connectivity index (χ3n) is 5.78. The zero-order valence-electron chi connectivity index (χ0n) is 23.6. The number of amides is 1. The quantitative estimate of drug-likeness (QED) is 0.234. The summed E-state index contributed by atoms with van der Waals surface area (Å²) in [5, 5.41) is 12.6. The van der Waals surface area contributed by atoms with E-state index in [9.17, 15) is 14.7 Å². The number of hydrogen-bond donors (Lipinski definition) is 2. The minimum absolute atomic E-state index is 0. The van der Waals surface area contributed by atoms with Crippen LogP contribution in [0.2, 0.25) is 25.7 Å². The van der Waals surface area contributed by atoms with Crippen molar-refractivity contribution in [2.24, 2.45) is 0 Å². The third-order valence-corrected chi connectivity index (χ3v) is 7.48.